The summed E-state index contributed by atoms with van der Waals surface area (Å²) in [5, 5.41) is 12.1. The second-order valence-corrected chi connectivity index (χ2v) is 4.00. The van der Waals surface area contributed by atoms with E-state index >= 15 is 0 Å². The van der Waals surface area contributed by atoms with Crippen LogP contribution in [0.2, 0.25) is 0 Å². The molecule has 0 spiro atoms. The molecule has 0 aliphatic carbocycles. The predicted molar refractivity (Wildman–Crippen MR) is 54.8 cm³/mol. The molecule has 78 valence electrons. The van der Waals surface area contributed by atoms with E-state index < -0.39 is 0 Å². The van der Waals surface area contributed by atoms with Gasteiger partial charge in [-0.15, -0.1) is 0 Å². The fourth-order valence-electron chi connectivity index (χ4n) is 2.42. The molecule has 4 nitrogen and oxygen atoms in total. The highest BCUT2D eigenvalue weighted by Gasteiger charge is 2.33. The van der Waals surface area contributed by atoms with Gasteiger partial charge in [0.15, 0.2) is 0 Å². The minimum atomic E-state index is 0.389. The Bertz CT molecular complexity index is 285. The molecule has 0 bridgehead atoms. The number of rotatable bonds is 0. The SMILES string of the molecule is CC1=CN2CCCCC2N1/C(C)=N\O. The molecule has 2 rings (SSSR count). The van der Waals surface area contributed by atoms with E-state index in [1.807, 2.05) is 6.92 Å². The highest BCUT2D eigenvalue weighted by Crippen LogP contribution is 2.30. The topological polar surface area (TPSA) is 39.1 Å². The summed E-state index contributed by atoms with van der Waals surface area (Å²) in [7, 11) is 0. The number of oxime groups is 1. The van der Waals surface area contributed by atoms with Gasteiger partial charge in [-0.05, 0) is 33.1 Å². The lowest BCUT2D eigenvalue weighted by molar-refractivity contribution is 0.149. The molecule has 1 saturated heterocycles. The van der Waals surface area contributed by atoms with Crippen molar-refractivity contribution in [2.24, 2.45) is 5.16 Å². The van der Waals surface area contributed by atoms with Crippen LogP contribution in [0.5, 0.6) is 0 Å². The molecule has 2 aliphatic heterocycles. The van der Waals surface area contributed by atoms with Gasteiger partial charge in [-0.2, -0.15) is 0 Å². The van der Waals surface area contributed by atoms with Crippen molar-refractivity contribution < 1.29 is 5.21 Å². The normalized spacial score (nSPS) is 27.7. The lowest BCUT2D eigenvalue weighted by Crippen LogP contribution is -2.44. The molecule has 14 heavy (non-hydrogen) atoms. The van der Waals surface area contributed by atoms with Gasteiger partial charge >= 0.3 is 0 Å². The van der Waals surface area contributed by atoms with Gasteiger partial charge in [0.25, 0.3) is 0 Å². The lowest BCUT2D eigenvalue weighted by Gasteiger charge is -2.36. The van der Waals surface area contributed by atoms with E-state index in [0.29, 0.717) is 12.0 Å². The highest BCUT2D eigenvalue weighted by molar-refractivity contribution is 5.81. The van der Waals surface area contributed by atoms with E-state index in [2.05, 4.69) is 28.1 Å². The number of hydrogen-bond donors (Lipinski definition) is 1. The Hall–Kier alpha value is -1.19. The first-order chi connectivity index (χ1) is 6.74. The van der Waals surface area contributed by atoms with E-state index in [4.69, 9.17) is 5.21 Å². The van der Waals surface area contributed by atoms with Crippen LogP contribution in [0.25, 0.3) is 0 Å². The third-order valence-corrected chi connectivity index (χ3v) is 3.04. The zero-order valence-electron chi connectivity index (χ0n) is 8.77. The molecule has 2 aliphatic rings. The van der Waals surface area contributed by atoms with Crippen LogP contribution in [0.3, 0.4) is 0 Å². The Morgan fingerprint density at radius 2 is 2.36 bits per heavy atom. The molecule has 1 fully saturated rings. The van der Waals surface area contributed by atoms with Crippen molar-refractivity contribution in [1.29, 1.82) is 0 Å². The number of nitrogens with zero attached hydrogens (tertiary/aromatic N) is 3. The van der Waals surface area contributed by atoms with Crippen LogP contribution in [0, 0.1) is 0 Å². The Morgan fingerprint density at radius 1 is 1.57 bits per heavy atom. The average molecular weight is 195 g/mol. The van der Waals surface area contributed by atoms with Crippen LogP contribution in [-0.4, -0.2) is 33.6 Å². The minimum absolute atomic E-state index is 0.389. The first-order valence-electron chi connectivity index (χ1n) is 5.16. The molecular formula is C10H17N3O. The third kappa shape index (κ3) is 1.35. The van der Waals surface area contributed by atoms with Gasteiger partial charge in [0.2, 0.25) is 0 Å². The number of hydrogen-bond acceptors (Lipinski definition) is 3. The first kappa shape index (κ1) is 9.37. The number of amidine groups is 1. The number of allylic oxidation sites excluding steroid dienone is 1. The van der Waals surface area contributed by atoms with Crippen molar-refractivity contribution >= 4 is 5.84 Å². The average Bonchev–Trinajstić information content (AvgIpc) is 2.53. The minimum Gasteiger partial charge on any atom is -0.409 e. The standard InChI is InChI=1S/C10H17N3O/c1-8-7-12-6-4-3-5-10(12)13(8)9(2)11-14/h7,10,14H,3-6H2,1-2H3/b11-9-. The summed E-state index contributed by atoms with van der Waals surface area (Å²) in [5.41, 5.74) is 1.17. The maximum absolute atomic E-state index is 8.80. The summed E-state index contributed by atoms with van der Waals surface area (Å²) >= 11 is 0. The molecule has 4 heteroatoms. The maximum Gasteiger partial charge on any atom is 0.147 e. The van der Waals surface area contributed by atoms with E-state index in [9.17, 15) is 0 Å². The summed E-state index contributed by atoms with van der Waals surface area (Å²) in [6, 6.07) is 0. The Kier molecular flexibility index (Phi) is 2.35. The van der Waals surface area contributed by atoms with Crippen molar-refractivity contribution in [1.82, 2.24) is 9.80 Å². The molecule has 0 aromatic heterocycles. The summed E-state index contributed by atoms with van der Waals surface area (Å²) in [4.78, 5) is 4.45. The summed E-state index contributed by atoms with van der Waals surface area (Å²) in [6.07, 6.45) is 6.24. The van der Waals surface area contributed by atoms with Crippen molar-refractivity contribution in [2.45, 2.75) is 39.3 Å². The van der Waals surface area contributed by atoms with Crippen molar-refractivity contribution in [3.05, 3.63) is 11.9 Å². The number of fused-ring (bicyclic) bond motifs is 1. The molecule has 0 aromatic rings. The van der Waals surface area contributed by atoms with Gasteiger partial charge in [-0.25, -0.2) is 0 Å². The first-order valence-corrected chi connectivity index (χ1v) is 5.16. The molecule has 0 radical (unpaired) electrons. The fourth-order valence-corrected chi connectivity index (χ4v) is 2.42. The zero-order valence-corrected chi connectivity index (χ0v) is 8.77. The zero-order chi connectivity index (χ0) is 10.1. The van der Waals surface area contributed by atoms with Crippen LogP contribution >= 0.6 is 0 Å². The van der Waals surface area contributed by atoms with Gasteiger partial charge in [-0.1, -0.05) is 5.16 Å². The quantitative estimate of drug-likeness (QED) is 0.277. The molecular weight excluding hydrogens is 178 g/mol. The van der Waals surface area contributed by atoms with Crippen LogP contribution in [0.15, 0.2) is 17.1 Å². The number of piperidine rings is 1. The van der Waals surface area contributed by atoms with E-state index in [0.717, 1.165) is 13.0 Å². The van der Waals surface area contributed by atoms with Gasteiger partial charge in [0.1, 0.15) is 12.0 Å². The Balaban J connectivity index is 2.21. The van der Waals surface area contributed by atoms with Gasteiger partial charge in [0, 0.05) is 18.4 Å². The van der Waals surface area contributed by atoms with Crippen LogP contribution in [0.1, 0.15) is 33.1 Å². The molecule has 1 atom stereocenters. The Labute approximate surface area is 84.5 Å². The fraction of sp³-hybridized carbons (Fsp3) is 0.700. The highest BCUT2D eigenvalue weighted by atomic mass is 16.4. The van der Waals surface area contributed by atoms with Crippen molar-refractivity contribution in [3.63, 3.8) is 0 Å². The molecule has 0 saturated carbocycles. The molecule has 0 amide bonds. The van der Waals surface area contributed by atoms with Crippen molar-refractivity contribution in [3.8, 4) is 0 Å². The summed E-state index contributed by atoms with van der Waals surface area (Å²) in [5.74, 6) is 0.688. The van der Waals surface area contributed by atoms with E-state index in [-0.39, 0.29) is 0 Å². The predicted octanol–water partition coefficient (Wildman–Crippen LogP) is 1.78. The van der Waals surface area contributed by atoms with E-state index in [1.54, 1.807) is 0 Å². The largest absolute Gasteiger partial charge is 0.409 e. The summed E-state index contributed by atoms with van der Waals surface area (Å²) in [6.45, 7) is 5.03. The maximum atomic E-state index is 8.80. The van der Waals surface area contributed by atoms with Crippen LogP contribution in [-0.2, 0) is 0 Å². The summed E-state index contributed by atoms with van der Waals surface area (Å²) < 4.78 is 0. The Morgan fingerprint density at radius 3 is 3.07 bits per heavy atom. The van der Waals surface area contributed by atoms with Gasteiger partial charge < -0.3 is 15.0 Å². The van der Waals surface area contributed by atoms with E-state index in [1.165, 1.54) is 18.5 Å². The second kappa shape index (κ2) is 3.52. The monoisotopic (exact) mass is 195 g/mol. The third-order valence-electron chi connectivity index (χ3n) is 3.04. The second-order valence-electron chi connectivity index (χ2n) is 4.00. The van der Waals surface area contributed by atoms with Gasteiger partial charge in [0.05, 0.1) is 0 Å². The van der Waals surface area contributed by atoms with Crippen molar-refractivity contribution in [2.75, 3.05) is 6.54 Å². The lowest BCUT2D eigenvalue weighted by atomic mass is 10.1. The van der Waals surface area contributed by atoms with Gasteiger partial charge in [-0.3, -0.25) is 0 Å². The smallest absolute Gasteiger partial charge is 0.147 e. The van der Waals surface area contributed by atoms with Crippen LogP contribution in [0.4, 0.5) is 0 Å². The molecule has 2 heterocycles. The van der Waals surface area contributed by atoms with Crippen LogP contribution < -0.4 is 0 Å². The molecule has 0 aromatic carbocycles. The molecule has 1 N–H and O–H groups in total. The molecule has 1 unspecified atom stereocenters.